The van der Waals surface area contributed by atoms with Crippen LogP contribution >= 0.6 is 15.9 Å². The number of unbranched alkanes of at least 4 members (excludes halogenated alkanes) is 2. The van der Waals surface area contributed by atoms with Crippen molar-refractivity contribution in [2.24, 2.45) is 0 Å². The first-order valence-electron chi connectivity index (χ1n) is 10.5. The lowest BCUT2D eigenvalue weighted by Crippen LogP contribution is -1.98. The van der Waals surface area contributed by atoms with Gasteiger partial charge in [0.1, 0.15) is 5.75 Å². The summed E-state index contributed by atoms with van der Waals surface area (Å²) >= 11 is 3.48. The Hall–Kier alpha value is -2.32. The standard InChI is InChI=1S/C27H29BrO/c1-2-26(22-12-6-3-7-13-22)27(23-14-8-4-9-15-23)24-16-18-25(19-17-24)29-21-11-5-10-20-28/h3-4,6-9,12-19H,2,5,10-11,20-21H2,1H3/b27-26+. The van der Waals surface area contributed by atoms with Crippen LogP contribution in [-0.2, 0) is 0 Å². The summed E-state index contributed by atoms with van der Waals surface area (Å²) in [4.78, 5) is 0. The third-order valence-corrected chi connectivity index (χ3v) is 5.59. The first-order valence-corrected chi connectivity index (χ1v) is 11.6. The van der Waals surface area contributed by atoms with Crippen molar-refractivity contribution in [3.63, 3.8) is 0 Å². The topological polar surface area (TPSA) is 9.23 Å². The van der Waals surface area contributed by atoms with Gasteiger partial charge in [-0.15, -0.1) is 0 Å². The molecule has 0 aliphatic carbocycles. The molecule has 0 spiro atoms. The number of hydrogen-bond donors (Lipinski definition) is 0. The Balaban J connectivity index is 1.90. The van der Waals surface area contributed by atoms with Crippen LogP contribution in [0.2, 0.25) is 0 Å². The SMILES string of the molecule is CC/C(=C(/c1ccccc1)c1ccc(OCCCCCBr)cc1)c1ccccc1. The second kappa shape index (κ2) is 11.6. The molecule has 3 aromatic rings. The third kappa shape index (κ3) is 6.08. The Labute approximate surface area is 183 Å². The summed E-state index contributed by atoms with van der Waals surface area (Å²) < 4.78 is 5.93. The molecule has 1 nitrogen and oxygen atoms in total. The zero-order valence-electron chi connectivity index (χ0n) is 17.1. The number of allylic oxidation sites excluding steroid dienone is 1. The van der Waals surface area contributed by atoms with Gasteiger partial charge in [-0.2, -0.15) is 0 Å². The van der Waals surface area contributed by atoms with E-state index < -0.39 is 0 Å². The van der Waals surface area contributed by atoms with Crippen LogP contribution in [-0.4, -0.2) is 11.9 Å². The lowest BCUT2D eigenvalue weighted by Gasteiger charge is -2.17. The second-order valence-electron chi connectivity index (χ2n) is 7.06. The largest absolute Gasteiger partial charge is 0.494 e. The minimum Gasteiger partial charge on any atom is -0.494 e. The molecule has 0 heterocycles. The van der Waals surface area contributed by atoms with Crippen LogP contribution in [0, 0.1) is 0 Å². The van der Waals surface area contributed by atoms with Crippen molar-refractivity contribution in [2.45, 2.75) is 32.6 Å². The maximum Gasteiger partial charge on any atom is 0.119 e. The van der Waals surface area contributed by atoms with E-state index in [1.54, 1.807) is 0 Å². The normalized spacial score (nSPS) is 11.8. The average molecular weight is 449 g/mol. The van der Waals surface area contributed by atoms with Crippen LogP contribution in [0.5, 0.6) is 5.75 Å². The fraction of sp³-hybridized carbons (Fsp3) is 0.259. The van der Waals surface area contributed by atoms with Gasteiger partial charge < -0.3 is 4.74 Å². The van der Waals surface area contributed by atoms with Crippen LogP contribution < -0.4 is 4.74 Å². The van der Waals surface area contributed by atoms with Gasteiger partial charge in [0.05, 0.1) is 6.61 Å². The van der Waals surface area contributed by atoms with Crippen molar-refractivity contribution < 1.29 is 4.74 Å². The summed E-state index contributed by atoms with van der Waals surface area (Å²) in [6, 6.07) is 30.0. The van der Waals surface area contributed by atoms with Gasteiger partial charge in [0.25, 0.3) is 0 Å². The van der Waals surface area contributed by atoms with Crippen molar-refractivity contribution in [3.05, 3.63) is 102 Å². The smallest absolute Gasteiger partial charge is 0.119 e. The molecule has 0 aliphatic heterocycles. The first kappa shape index (κ1) is 21.4. The van der Waals surface area contributed by atoms with E-state index in [4.69, 9.17) is 4.74 Å². The average Bonchev–Trinajstić information content (AvgIpc) is 2.79. The molecule has 0 bridgehead atoms. The number of benzene rings is 3. The van der Waals surface area contributed by atoms with Gasteiger partial charge in [-0.05, 0) is 65.7 Å². The number of ether oxygens (including phenoxy) is 1. The van der Waals surface area contributed by atoms with Gasteiger partial charge in [0.2, 0.25) is 0 Å². The van der Waals surface area contributed by atoms with E-state index in [2.05, 4.69) is 108 Å². The van der Waals surface area contributed by atoms with Gasteiger partial charge in [-0.3, -0.25) is 0 Å². The van der Waals surface area contributed by atoms with Crippen LogP contribution in [0.1, 0.15) is 49.3 Å². The monoisotopic (exact) mass is 448 g/mol. The molecule has 0 N–H and O–H groups in total. The quantitative estimate of drug-likeness (QED) is 0.173. The third-order valence-electron chi connectivity index (χ3n) is 5.03. The number of rotatable bonds is 10. The van der Waals surface area contributed by atoms with Crippen LogP contribution in [0.3, 0.4) is 0 Å². The Morgan fingerprint density at radius 2 is 1.28 bits per heavy atom. The molecule has 3 rings (SSSR count). The van der Waals surface area contributed by atoms with Crippen molar-refractivity contribution >= 4 is 27.1 Å². The van der Waals surface area contributed by atoms with E-state index in [1.165, 1.54) is 40.7 Å². The summed E-state index contributed by atoms with van der Waals surface area (Å²) in [5, 5.41) is 1.07. The number of halogens is 1. The molecule has 2 heteroatoms. The van der Waals surface area contributed by atoms with Crippen LogP contribution in [0.25, 0.3) is 11.1 Å². The van der Waals surface area contributed by atoms with E-state index in [9.17, 15) is 0 Å². The molecule has 0 fully saturated rings. The van der Waals surface area contributed by atoms with Crippen LogP contribution in [0.15, 0.2) is 84.9 Å². The molecule has 0 aliphatic rings. The van der Waals surface area contributed by atoms with Gasteiger partial charge in [-0.25, -0.2) is 0 Å². The van der Waals surface area contributed by atoms with Crippen LogP contribution in [0.4, 0.5) is 0 Å². The lowest BCUT2D eigenvalue weighted by atomic mass is 9.88. The summed E-state index contributed by atoms with van der Waals surface area (Å²) in [6.07, 6.45) is 4.46. The predicted octanol–water partition coefficient (Wildman–Crippen LogP) is 8.00. The Bertz CT molecular complexity index is 883. The van der Waals surface area contributed by atoms with Gasteiger partial charge in [-0.1, -0.05) is 95.7 Å². The Kier molecular flexibility index (Phi) is 8.58. The molecule has 0 aromatic heterocycles. The Morgan fingerprint density at radius 3 is 1.86 bits per heavy atom. The van der Waals surface area contributed by atoms with E-state index in [0.717, 1.165) is 30.5 Å². The van der Waals surface area contributed by atoms with Gasteiger partial charge in [0, 0.05) is 5.33 Å². The van der Waals surface area contributed by atoms with Crippen molar-refractivity contribution in [3.8, 4) is 5.75 Å². The number of hydrogen-bond acceptors (Lipinski definition) is 1. The van der Waals surface area contributed by atoms with Crippen molar-refractivity contribution in [1.29, 1.82) is 0 Å². The summed E-state index contributed by atoms with van der Waals surface area (Å²) in [6.45, 7) is 3.01. The summed E-state index contributed by atoms with van der Waals surface area (Å²) in [7, 11) is 0. The summed E-state index contributed by atoms with van der Waals surface area (Å²) in [5.41, 5.74) is 6.41. The van der Waals surface area contributed by atoms with E-state index in [0.29, 0.717) is 0 Å². The van der Waals surface area contributed by atoms with Gasteiger partial charge >= 0.3 is 0 Å². The van der Waals surface area contributed by atoms with Crippen molar-refractivity contribution in [1.82, 2.24) is 0 Å². The number of alkyl halides is 1. The van der Waals surface area contributed by atoms with Crippen molar-refractivity contribution in [2.75, 3.05) is 11.9 Å². The maximum absolute atomic E-state index is 5.93. The fourth-order valence-electron chi connectivity index (χ4n) is 3.57. The maximum atomic E-state index is 5.93. The molecule has 0 saturated heterocycles. The molecule has 0 saturated carbocycles. The second-order valence-corrected chi connectivity index (χ2v) is 7.85. The highest BCUT2D eigenvalue weighted by molar-refractivity contribution is 9.09. The van der Waals surface area contributed by atoms with E-state index in [1.807, 2.05) is 0 Å². The molecule has 0 amide bonds. The molecule has 3 aromatic carbocycles. The summed E-state index contributed by atoms with van der Waals surface area (Å²) in [5.74, 6) is 0.942. The molecular weight excluding hydrogens is 420 g/mol. The van der Waals surface area contributed by atoms with E-state index in [-0.39, 0.29) is 0 Å². The molecular formula is C27H29BrO. The molecule has 0 unspecified atom stereocenters. The fourth-order valence-corrected chi connectivity index (χ4v) is 3.96. The first-order chi connectivity index (χ1) is 14.3. The minimum atomic E-state index is 0.776. The Morgan fingerprint density at radius 1 is 0.690 bits per heavy atom. The molecule has 0 radical (unpaired) electrons. The minimum absolute atomic E-state index is 0.776. The predicted molar refractivity (Wildman–Crippen MR) is 129 cm³/mol. The zero-order valence-corrected chi connectivity index (χ0v) is 18.7. The molecule has 29 heavy (non-hydrogen) atoms. The highest BCUT2D eigenvalue weighted by Gasteiger charge is 2.12. The molecule has 150 valence electrons. The van der Waals surface area contributed by atoms with Gasteiger partial charge in [0.15, 0.2) is 0 Å². The molecule has 0 atom stereocenters. The highest BCUT2D eigenvalue weighted by atomic mass is 79.9. The highest BCUT2D eigenvalue weighted by Crippen LogP contribution is 2.34. The van der Waals surface area contributed by atoms with E-state index >= 15 is 0 Å². The lowest BCUT2D eigenvalue weighted by molar-refractivity contribution is 0.306. The zero-order chi connectivity index (χ0) is 20.3.